The molecule has 0 spiro atoms. The average Bonchev–Trinajstić information content (AvgIpc) is 3.15. The number of aromatic nitrogens is 4. The van der Waals surface area contributed by atoms with Crippen molar-refractivity contribution in [1.29, 1.82) is 0 Å². The lowest BCUT2D eigenvalue weighted by Crippen LogP contribution is -2.40. The first-order chi connectivity index (χ1) is 14.9. The molecule has 0 aliphatic heterocycles. The third-order valence-electron chi connectivity index (χ3n) is 5.19. The van der Waals surface area contributed by atoms with Crippen LogP contribution in [-0.4, -0.2) is 38.1 Å². The quantitative estimate of drug-likeness (QED) is 0.297. The maximum absolute atomic E-state index is 13.1. The van der Waals surface area contributed by atoms with Crippen LogP contribution in [0, 0.1) is 0 Å². The van der Waals surface area contributed by atoms with E-state index in [2.05, 4.69) is 11.9 Å². The number of rotatable bonds is 15. The summed E-state index contributed by atoms with van der Waals surface area (Å²) in [5.74, 6) is 0. The highest BCUT2D eigenvalue weighted by molar-refractivity contribution is 7.53. The summed E-state index contributed by atoms with van der Waals surface area (Å²) in [7, 11) is -3.07. The van der Waals surface area contributed by atoms with Gasteiger partial charge >= 0.3 is 13.3 Å². The van der Waals surface area contributed by atoms with Gasteiger partial charge in [-0.1, -0.05) is 26.7 Å². The summed E-state index contributed by atoms with van der Waals surface area (Å²) < 4.78 is 28.1. The summed E-state index contributed by atoms with van der Waals surface area (Å²) in [6.45, 7) is 9.88. The highest BCUT2D eigenvalue weighted by Crippen LogP contribution is 2.48. The van der Waals surface area contributed by atoms with E-state index < -0.39 is 7.60 Å². The Balaban J connectivity index is 2.27. The van der Waals surface area contributed by atoms with Crippen LogP contribution in [0.25, 0.3) is 11.2 Å². The lowest BCUT2D eigenvalue weighted by Gasteiger charge is -2.16. The number of hydrogen-bond donors (Lipinski definition) is 0. The molecule has 9 nitrogen and oxygen atoms in total. The summed E-state index contributed by atoms with van der Waals surface area (Å²) in [6, 6.07) is 0. The van der Waals surface area contributed by atoms with E-state index in [1.165, 1.54) is 4.57 Å². The zero-order valence-corrected chi connectivity index (χ0v) is 20.2. The molecule has 0 N–H and O–H groups in total. The van der Waals surface area contributed by atoms with E-state index in [1.807, 2.05) is 11.5 Å². The molecule has 2 aromatic rings. The summed E-state index contributed by atoms with van der Waals surface area (Å²) in [5, 5.41) is 0. The van der Waals surface area contributed by atoms with Gasteiger partial charge < -0.3 is 13.6 Å². The van der Waals surface area contributed by atoms with Gasteiger partial charge in [-0.15, -0.1) is 0 Å². The molecule has 0 unspecified atom stereocenters. The zero-order chi connectivity index (χ0) is 22.9. The van der Waals surface area contributed by atoms with Crippen molar-refractivity contribution in [3.05, 3.63) is 27.2 Å². The van der Waals surface area contributed by atoms with Crippen LogP contribution in [-0.2, 0) is 33.2 Å². The Kier molecular flexibility index (Phi) is 10.2. The highest BCUT2D eigenvalue weighted by atomic mass is 31.2. The first-order valence-corrected chi connectivity index (χ1v) is 13.2. The number of nitrogens with zero attached hydrogens (tertiary/aromatic N) is 4. The molecule has 31 heavy (non-hydrogen) atoms. The molecule has 0 saturated carbocycles. The van der Waals surface area contributed by atoms with Gasteiger partial charge in [-0.25, -0.2) is 9.78 Å². The van der Waals surface area contributed by atoms with E-state index in [0.717, 1.165) is 25.7 Å². The molecule has 0 fully saturated rings. The van der Waals surface area contributed by atoms with Crippen LogP contribution in [0.3, 0.4) is 0 Å². The molecule has 0 bridgehead atoms. The maximum atomic E-state index is 13.1. The molecular formula is C21H37N4O5P. The molecule has 0 saturated heterocycles. The topological polar surface area (TPSA) is 97.3 Å². The van der Waals surface area contributed by atoms with E-state index >= 15 is 0 Å². The first-order valence-electron chi connectivity index (χ1n) is 11.5. The number of fused-ring (bicyclic) bond motifs is 1. The van der Waals surface area contributed by atoms with Crippen LogP contribution >= 0.6 is 7.60 Å². The van der Waals surface area contributed by atoms with E-state index in [1.54, 1.807) is 24.7 Å². The second-order valence-electron chi connectivity index (χ2n) is 7.59. The Morgan fingerprint density at radius 1 is 0.871 bits per heavy atom. The average molecular weight is 457 g/mol. The molecular weight excluding hydrogens is 419 g/mol. The van der Waals surface area contributed by atoms with Gasteiger partial charge in [0.15, 0.2) is 11.2 Å². The fourth-order valence-electron chi connectivity index (χ4n) is 3.59. The number of unbranched alkanes of at least 4 members (excludes halogenated alkanes) is 3. The van der Waals surface area contributed by atoms with Crippen molar-refractivity contribution in [2.24, 2.45) is 0 Å². The minimum Gasteiger partial charge on any atom is -0.325 e. The van der Waals surface area contributed by atoms with E-state index in [9.17, 15) is 14.2 Å². The fourth-order valence-corrected chi connectivity index (χ4v) is 5.32. The van der Waals surface area contributed by atoms with Crippen LogP contribution in [0.15, 0.2) is 15.9 Å². The lowest BCUT2D eigenvalue weighted by molar-refractivity contribution is 0.219. The molecule has 10 heteroatoms. The molecule has 2 aromatic heterocycles. The van der Waals surface area contributed by atoms with Crippen LogP contribution < -0.4 is 11.2 Å². The molecule has 0 amide bonds. The summed E-state index contributed by atoms with van der Waals surface area (Å²) >= 11 is 0. The molecule has 176 valence electrons. The highest BCUT2D eigenvalue weighted by Gasteiger charge is 2.23. The number of hydrogen-bond acceptors (Lipinski definition) is 6. The summed E-state index contributed by atoms with van der Waals surface area (Å²) in [4.78, 5) is 30.5. The van der Waals surface area contributed by atoms with Gasteiger partial charge in [0.25, 0.3) is 5.56 Å². The lowest BCUT2D eigenvalue weighted by atomic mass is 10.3. The second-order valence-corrected chi connectivity index (χ2v) is 9.77. The summed E-state index contributed by atoms with van der Waals surface area (Å²) in [5.41, 5.74) is 0.349. The van der Waals surface area contributed by atoms with Gasteiger partial charge in [-0.3, -0.25) is 18.5 Å². The smallest absolute Gasteiger partial charge is 0.325 e. The second kappa shape index (κ2) is 12.4. The van der Waals surface area contributed by atoms with Gasteiger partial charge in [-0.2, -0.15) is 0 Å². The van der Waals surface area contributed by atoms with Crippen molar-refractivity contribution in [3.8, 4) is 0 Å². The Hall–Kier alpha value is -1.70. The first kappa shape index (κ1) is 25.6. The molecule has 0 atom stereocenters. The third-order valence-corrected chi connectivity index (χ3v) is 7.35. The fraction of sp³-hybridized carbons (Fsp3) is 0.762. The van der Waals surface area contributed by atoms with E-state index in [-0.39, 0.29) is 11.2 Å². The molecule has 0 aromatic carbocycles. The van der Waals surface area contributed by atoms with Crippen molar-refractivity contribution in [3.63, 3.8) is 0 Å². The Morgan fingerprint density at radius 2 is 1.48 bits per heavy atom. The Bertz CT molecular complexity index is 984. The standard InChI is InChI=1S/C21H37N4O5P/c1-5-9-14-24-19-18(20(26)25(21(24)27)15-10-6-2)23(17-22-19)13-11-12-16-31(28,29-7-3)30-8-4/h17H,5-16H2,1-4H3. The maximum Gasteiger partial charge on any atom is 0.332 e. The predicted molar refractivity (Wildman–Crippen MR) is 123 cm³/mol. The molecule has 0 aliphatic carbocycles. The SMILES string of the molecule is CCCCn1c(=O)c2c(ncn2CCCCP(=O)(OCC)OCC)n(CCCC)c1=O. The van der Waals surface area contributed by atoms with Crippen molar-refractivity contribution in [1.82, 2.24) is 18.7 Å². The summed E-state index contributed by atoms with van der Waals surface area (Å²) in [6.07, 6.45) is 6.76. The van der Waals surface area contributed by atoms with Crippen LogP contribution in [0.1, 0.15) is 66.2 Å². The molecule has 0 radical (unpaired) electrons. The van der Waals surface area contributed by atoms with Crippen molar-refractivity contribution in [2.75, 3.05) is 19.4 Å². The van der Waals surface area contributed by atoms with E-state index in [0.29, 0.717) is 63.0 Å². The van der Waals surface area contributed by atoms with Gasteiger partial charge in [0.05, 0.1) is 25.7 Å². The number of imidazole rings is 1. The van der Waals surface area contributed by atoms with E-state index in [4.69, 9.17) is 9.05 Å². The van der Waals surface area contributed by atoms with Crippen molar-refractivity contribution in [2.45, 2.75) is 85.9 Å². The van der Waals surface area contributed by atoms with Crippen LogP contribution in [0.2, 0.25) is 0 Å². The molecule has 0 aliphatic rings. The zero-order valence-electron chi connectivity index (χ0n) is 19.3. The van der Waals surface area contributed by atoms with Crippen LogP contribution in [0.5, 0.6) is 0 Å². The Morgan fingerprint density at radius 3 is 2.06 bits per heavy atom. The normalized spacial score (nSPS) is 12.1. The largest absolute Gasteiger partial charge is 0.332 e. The predicted octanol–water partition coefficient (Wildman–Crippen LogP) is 4.01. The molecule has 2 rings (SSSR count). The Labute approximate surface area is 183 Å². The van der Waals surface area contributed by atoms with Gasteiger partial charge in [-0.05, 0) is 39.5 Å². The molecule has 2 heterocycles. The monoisotopic (exact) mass is 456 g/mol. The third kappa shape index (κ3) is 6.40. The minimum absolute atomic E-state index is 0.279. The number of aryl methyl sites for hydroxylation is 2. The van der Waals surface area contributed by atoms with Gasteiger partial charge in [0, 0.05) is 19.6 Å². The van der Waals surface area contributed by atoms with Gasteiger partial charge in [0.2, 0.25) is 0 Å². The van der Waals surface area contributed by atoms with Crippen LogP contribution in [0.4, 0.5) is 0 Å². The van der Waals surface area contributed by atoms with Gasteiger partial charge in [0.1, 0.15) is 0 Å². The van der Waals surface area contributed by atoms with Crippen molar-refractivity contribution >= 4 is 18.8 Å². The minimum atomic E-state index is -3.07. The van der Waals surface area contributed by atoms with Crippen molar-refractivity contribution < 1.29 is 13.6 Å².